The Kier molecular flexibility index (Phi) is 5.43. The number of ketones is 1. The molecule has 0 fully saturated rings. The molecule has 0 aliphatic rings. The van der Waals surface area contributed by atoms with Crippen molar-refractivity contribution in [3.05, 3.63) is 29.6 Å². The van der Waals surface area contributed by atoms with Crippen molar-refractivity contribution in [2.75, 3.05) is 14.2 Å². The van der Waals surface area contributed by atoms with Crippen molar-refractivity contribution in [1.29, 1.82) is 0 Å². The Balaban J connectivity index is 2.12. The van der Waals surface area contributed by atoms with Gasteiger partial charge in [-0.25, -0.2) is 4.98 Å². The van der Waals surface area contributed by atoms with Gasteiger partial charge in [-0.05, 0) is 25.1 Å². The fourth-order valence-electron chi connectivity index (χ4n) is 1.92. The molecule has 0 unspecified atom stereocenters. The molecule has 0 amide bonds. The zero-order valence-electron chi connectivity index (χ0n) is 13.0. The number of aromatic nitrogens is 3. The highest BCUT2D eigenvalue weighted by molar-refractivity contribution is 8.00. The van der Waals surface area contributed by atoms with Crippen LogP contribution in [0, 0.1) is 0 Å². The maximum atomic E-state index is 12.5. The Morgan fingerprint density at radius 1 is 1.32 bits per heavy atom. The molecular weight excluding hydrogens is 302 g/mol. The normalized spacial score (nSPS) is 12.0. The molecule has 6 nitrogen and oxygen atoms in total. The molecule has 1 aromatic carbocycles. The van der Waals surface area contributed by atoms with Gasteiger partial charge in [0.1, 0.15) is 5.82 Å². The summed E-state index contributed by atoms with van der Waals surface area (Å²) >= 11 is 1.33. The first-order valence-electron chi connectivity index (χ1n) is 6.93. The van der Waals surface area contributed by atoms with E-state index < -0.39 is 0 Å². The van der Waals surface area contributed by atoms with E-state index in [4.69, 9.17) is 9.47 Å². The molecule has 0 saturated heterocycles. The Morgan fingerprint density at radius 3 is 2.64 bits per heavy atom. The van der Waals surface area contributed by atoms with E-state index in [0.29, 0.717) is 22.2 Å². The van der Waals surface area contributed by atoms with Gasteiger partial charge >= 0.3 is 0 Å². The van der Waals surface area contributed by atoms with Gasteiger partial charge in [0.2, 0.25) is 5.16 Å². The molecule has 0 bridgehead atoms. The molecule has 0 radical (unpaired) electrons. The SMILES string of the molecule is CCc1nc(S[C@H](C)C(=O)c2ccc(OC)c(OC)c2)n[nH]1. The second kappa shape index (κ2) is 7.31. The predicted molar refractivity (Wildman–Crippen MR) is 85.0 cm³/mol. The van der Waals surface area contributed by atoms with E-state index in [1.165, 1.54) is 11.8 Å². The predicted octanol–water partition coefficient (Wildman–Crippen LogP) is 2.75. The number of nitrogens with one attached hydrogen (secondary N) is 1. The van der Waals surface area contributed by atoms with Crippen LogP contribution in [0.1, 0.15) is 30.0 Å². The number of ether oxygens (including phenoxy) is 2. The number of hydrogen-bond acceptors (Lipinski definition) is 6. The maximum Gasteiger partial charge on any atom is 0.209 e. The highest BCUT2D eigenvalue weighted by Gasteiger charge is 2.20. The number of H-pyrrole nitrogens is 1. The molecule has 1 atom stereocenters. The number of nitrogens with zero attached hydrogens (tertiary/aromatic N) is 2. The van der Waals surface area contributed by atoms with Crippen molar-refractivity contribution in [3.63, 3.8) is 0 Å². The van der Waals surface area contributed by atoms with Gasteiger partial charge < -0.3 is 9.47 Å². The Bertz CT molecular complexity index is 657. The molecule has 1 aromatic heterocycles. The average molecular weight is 321 g/mol. The number of carbonyl (C=O) groups is 1. The van der Waals surface area contributed by atoms with Gasteiger partial charge in [-0.3, -0.25) is 9.89 Å². The van der Waals surface area contributed by atoms with E-state index in [1.54, 1.807) is 32.4 Å². The third-order valence-corrected chi connectivity index (χ3v) is 4.13. The van der Waals surface area contributed by atoms with Crippen LogP contribution in [-0.4, -0.2) is 40.4 Å². The fourth-order valence-corrected chi connectivity index (χ4v) is 2.75. The summed E-state index contributed by atoms with van der Waals surface area (Å²) in [5.74, 6) is 1.94. The van der Waals surface area contributed by atoms with Crippen molar-refractivity contribution < 1.29 is 14.3 Å². The second-order valence-electron chi connectivity index (χ2n) is 4.61. The summed E-state index contributed by atoms with van der Waals surface area (Å²) in [5, 5.41) is 7.23. The van der Waals surface area contributed by atoms with E-state index in [9.17, 15) is 4.79 Å². The van der Waals surface area contributed by atoms with Crippen LogP contribution in [0.2, 0.25) is 0 Å². The van der Waals surface area contributed by atoms with Crippen LogP contribution < -0.4 is 9.47 Å². The first-order valence-corrected chi connectivity index (χ1v) is 7.81. The number of aromatic amines is 1. The van der Waals surface area contributed by atoms with Crippen molar-refractivity contribution in [2.45, 2.75) is 30.7 Å². The quantitative estimate of drug-likeness (QED) is 0.624. The summed E-state index contributed by atoms with van der Waals surface area (Å²) in [5.41, 5.74) is 0.573. The minimum atomic E-state index is -0.293. The molecule has 2 rings (SSSR count). The first kappa shape index (κ1) is 16.4. The first-order chi connectivity index (χ1) is 10.6. The molecule has 1 heterocycles. The summed E-state index contributed by atoms with van der Waals surface area (Å²) in [4.78, 5) is 16.8. The standard InChI is InChI=1S/C15H19N3O3S/c1-5-13-16-15(18-17-13)22-9(2)14(19)10-6-7-11(20-3)12(8-10)21-4/h6-9H,5H2,1-4H3,(H,16,17,18)/t9-/m1/s1. The highest BCUT2D eigenvalue weighted by Crippen LogP contribution is 2.30. The average Bonchev–Trinajstić information content (AvgIpc) is 3.00. The highest BCUT2D eigenvalue weighted by atomic mass is 32.2. The lowest BCUT2D eigenvalue weighted by atomic mass is 10.1. The van der Waals surface area contributed by atoms with Gasteiger partial charge in [-0.15, -0.1) is 5.10 Å². The third-order valence-electron chi connectivity index (χ3n) is 3.17. The summed E-state index contributed by atoms with van der Waals surface area (Å²) in [6.45, 7) is 3.83. The van der Waals surface area contributed by atoms with Crippen molar-refractivity contribution >= 4 is 17.5 Å². The van der Waals surface area contributed by atoms with E-state index in [0.717, 1.165) is 12.2 Å². The minimum absolute atomic E-state index is 0.00574. The Hall–Kier alpha value is -2.02. The molecule has 7 heteroatoms. The number of thioether (sulfide) groups is 1. The number of benzene rings is 1. The van der Waals surface area contributed by atoms with Gasteiger partial charge in [0.15, 0.2) is 17.3 Å². The van der Waals surface area contributed by atoms with Crippen molar-refractivity contribution in [1.82, 2.24) is 15.2 Å². The van der Waals surface area contributed by atoms with Crippen LogP contribution in [0.4, 0.5) is 0 Å². The van der Waals surface area contributed by atoms with Gasteiger partial charge in [-0.1, -0.05) is 18.7 Å². The van der Waals surface area contributed by atoms with Crippen LogP contribution in [0.3, 0.4) is 0 Å². The number of aryl methyl sites for hydroxylation is 1. The molecule has 0 saturated carbocycles. The van der Waals surface area contributed by atoms with Gasteiger partial charge in [0, 0.05) is 12.0 Å². The molecule has 2 aromatic rings. The van der Waals surface area contributed by atoms with Crippen molar-refractivity contribution in [3.8, 4) is 11.5 Å². The number of methoxy groups -OCH3 is 2. The van der Waals surface area contributed by atoms with E-state index >= 15 is 0 Å². The lowest BCUT2D eigenvalue weighted by molar-refractivity contribution is 0.0993. The molecule has 118 valence electrons. The molecule has 0 aliphatic heterocycles. The van der Waals surface area contributed by atoms with E-state index in [2.05, 4.69) is 15.2 Å². The third kappa shape index (κ3) is 3.59. The van der Waals surface area contributed by atoms with Crippen LogP contribution in [0.5, 0.6) is 11.5 Å². The molecule has 22 heavy (non-hydrogen) atoms. The van der Waals surface area contributed by atoms with Gasteiger partial charge in [-0.2, -0.15) is 0 Å². The van der Waals surface area contributed by atoms with E-state index in [1.807, 2.05) is 13.8 Å². The number of hydrogen-bond donors (Lipinski definition) is 1. The number of Topliss-reactive ketones (excluding diaryl/α,β-unsaturated/α-hetero) is 1. The van der Waals surface area contributed by atoms with Gasteiger partial charge in [0.25, 0.3) is 0 Å². The lowest BCUT2D eigenvalue weighted by Gasteiger charge is -2.11. The van der Waals surface area contributed by atoms with Crippen molar-refractivity contribution in [2.24, 2.45) is 0 Å². The number of rotatable bonds is 7. The summed E-state index contributed by atoms with van der Waals surface area (Å²) in [6, 6.07) is 5.15. The molecular formula is C15H19N3O3S. The summed E-state index contributed by atoms with van der Waals surface area (Å²) in [7, 11) is 3.11. The summed E-state index contributed by atoms with van der Waals surface area (Å²) < 4.78 is 10.4. The molecule has 0 aliphatic carbocycles. The Morgan fingerprint density at radius 2 is 2.05 bits per heavy atom. The van der Waals surface area contributed by atoms with Crippen LogP contribution in [-0.2, 0) is 6.42 Å². The van der Waals surface area contributed by atoms with Crippen LogP contribution in [0.15, 0.2) is 23.4 Å². The maximum absolute atomic E-state index is 12.5. The van der Waals surface area contributed by atoms with Crippen LogP contribution in [0.25, 0.3) is 0 Å². The Labute approximate surface area is 133 Å². The smallest absolute Gasteiger partial charge is 0.209 e. The molecule has 1 N–H and O–H groups in total. The minimum Gasteiger partial charge on any atom is -0.493 e. The monoisotopic (exact) mass is 321 g/mol. The fraction of sp³-hybridized carbons (Fsp3) is 0.400. The molecule has 0 spiro atoms. The van der Waals surface area contributed by atoms with Gasteiger partial charge in [0.05, 0.1) is 19.5 Å². The number of carbonyl (C=O) groups excluding carboxylic acids is 1. The second-order valence-corrected chi connectivity index (χ2v) is 5.92. The zero-order chi connectivity index (χ0) is 16.1. The largest absolute Gasteiger partial charge is 0.493 e. The van der Waals surface area contributed by atoms with Crippen LogP contribution >= 0.6 is 11.8 Å². The topological polar surface area (TPSA) is 77.1 Å². The van der Waals surface area contributed by atoms with E-state index in [-0.39, 0.29) is 11.0 Å². The lowest BCUT2D eigenvalue weighted by Crippen LogP contribution is -2.14. The summed E-state index contributed by atoms with van der Waals surface area (Å²) in [6.07, 6.45) is 0.783. The zero-order valence-corrected chi connectivity index (χ0v) is 13.9.